The van der Waals surface area contributed by atoms with E-state index in [0.717, 1.165) is 10.8 Å². The van der Waals surface area contributed by atoms with Crippen LogP contribution in [0.15, 0.2) is 66.7 Å². The molecule has 5 nitrogen and oxygen atoms in total. The van der Waals surface area contributed by atoms with Crippen LogP contribution in [0.3, 0.4) is 0 Å². The predicted octanol–water partition coefficient (Wildman–Crippen LogP) is 3.43. The first-order valence-electron chi connectivity index (χ1n) is 7.41. The zero-order chi connectivity index (χ0) is 16.9. The summed E-state index contributed by atoms with van der Waals surface area (Å²) in [5.74, 6) is -0.775. The van der Waals surface area contributed by atoms with E-state index in [4.69, 9.17) is 4.74 Å². The third-order valence-corrected chi connectivity index (χ3v) is 3.56. The molecule has 0 heterocycles. The lowest BCUT2D eigenvalue weighted by atomic mass is 10.1. The van der Waals surface area contributed by atoms with E-state index in [9.17, 15) is 9.59 Å². The summed E-state index contributed by atoms with van der Waals surface area (Å²) in [4.78, 5) is 24.0. The number of hydrogen-bond donors (Lipinski definition) is 2. The number of nitrogens with one attached hydrogen (secondary N) is 2. The fourth-order valence-electron chi connectivity index (χ4n) is 2.32. The van der Waals surface area contributed by atoms with Crippen molar-refractivity contribution >= 4 is 34.0 Å². The first kappa shape index (κ1) is 15.6. The van der Waals surface area contributed by atoms with Crippen molar-refractivity contribution in [1.29, 1.82) is 0 Å². The van der Waals surface area contributed by atoms with E-state index < -0.39 is 11.8 Å². The van der Waals surface area contributed by atoms with Gasteiger partial charge in [0.1, 0.15) is 5.75 Å². The normalized spacial score (nSPS) is 10.2. The second-order valence-corrected chi connectivity index (χ2v) is 5.20. The number of carbonyl (C=O) groups is 2. The number of amides is 2. The first-order chi connectivity index (χ1) is 11.7. The second-order valence-electron chi connectivity index (χ2n) is 5.20. The fourth-order valence-corrected chi connectivity index (χ4v) is 2.32. The zero-order valence-electron chi connectivity index (χ0n) is 13.1. The summed E-state index contributed by atoms with van der Waals surface area (Å²) in [6.45, 7) is 0. The number of anilines is 2. The van der Waals surface area contributed by atoms with Gasteiger partial charge in [-0.3, -0.25) is 9.59 Å². The van der Waals surface area contributed by atoms with Gasteiger partial charge in [0, 0.05) is 11.4 Å². The molecule has 5 heteroatoms. The van der Waals surface area contributed by atoms with E-state index in [-0.39, 0.29) is 0 Å². The highest BCUT2D eigenvalue weighted by atomic mass is 16.5. The first-order valence-corrected chi connectivity index (χ1v) is 7.41. The Hall–Kier alpha value is -3.34. The molecular formula is C19H16N2O3. The van der Waals surface area contributed by atoms with Gasteiger partial charge < -0.3 is 15.4 Å². The van der Waals surface area contributed by atoms with E-state index in [0.29, 0.717) is 17.1 Å². The Labute approximate surface area is 139 Å². The number of fused-ring (bicyclic) bond motifs is 1. The Morgan fingerprint density at radius 1 is 0.750 bits per heavy atom. The molecule has 120 valence electrons. The van der Waals surface area contributed by atoms with Gasteiger partial charge in [-0.05, 0) is 47.2 Å². The third-order valence-electron chi connectivity index (χ3n) is 3.56. The van der Waals surface area contributed by atoms with Crippen LogP contribution in [0, 0.1) is 0 Å². The topological polar surface area (TPSA) is 67.4 Å². The number of carbonyl (C=O) groups excluding carboxylic acids is 2. The maximum Gasteiger partial charge on any atom is 0.314 e. The highest BCUT2D eigenvalue weighted by Gasteiger charge is 2.14. The van der Waals surface area contributed by atoms with Gasteiger partial charge >= 0.3 is 11.8 Å². The molecule has 0 aliphatic carbocycles. The standard InChI is InChI=1S/C19H16N2O3/c1-24-17-10-8-15(9-11-17)20-18(22)19(23)21-16-7-6-13-4-2-3-5-14(13)12-16/h2-12H,1H3,(H,20,22)(H,21,23). The number of hydrogen-bond acceptors (Lipinski definition) is 3. The average molecular weight is 320 g/mol. The van der Waals surface area contributed by atoms with E-state index in [2.05, 4.69) is 10.6 Å². The molecular weight excluding hydrogens is 304 g/mol. The summed E-state index contributed by atoms with van der Waals surface area (Å²) >= 11 is 0. The van der Waals surface area contributed by atoms with Crippen molar-refractivity contribution in [2.24, 2.45) is 0 Å². The molecule has 0 aliphatic rings. The molecule has 24 heavy (non-hydrogen) atoms. The molecule has 0 saturated carbocycles. The summed E-state index contributed by atoms with van der Waals surface area (Å²) in [5, 5.41) is 7.20. The number of rotatable bonds is 3. The van der Waals surface area contributed by atoms with E-state index in [1.165, 1.54) is 0 Å². The number of ether oxygens (including phenoxy) is 1. The maximum absolute atomic E-state index is 12.0. The second kappa shape index (κ2) is 6.83. The Morgan fingerprint density at radius 3 is 2.00 bits per heavy atom. The van der Waals surface area contributed by atoms with Crippen molar-refractivity contribution in [2.45, 2.75) is 0 Å². The van der Waals surface area contributed by atoms with Crippen molar-refractivity contribution in [3.05, 3.63) is 66.7 Å². The Kier molecular flexibility index (Phi) is 4.43. The Bertz CT molecular complexity index is 889. The van der Waals surface area contributed by atoms with Crippen LogP contribution >= 0.6 is 0 Å². The van der Waals surface area contributed by atoms with Crippen LogP contribution in [-0.2, 0) is 9.59 Å². The molecule has 2 N–H and O–H groups in total. The van der Waals surface area contributed by atoms with Gasteiger partial charge in [-0.2, -0.15) is 0 Å². The highest BCUT2D eigenvalue weighted by Crippen LogP contribution is 2.19. The summed E-state index contributed by atoms with van der Waals surface area (Å²) in [6, 6.07) is 20.0. The summed E-state index contributed by atoms with van der Waals surface area (Å²) < 4.78 is 5.04. The molecule has 0 saturated heterocycles. The van der Waals surface area contributed by atoms with E-state index in [1.54, 1.807) is 37.4 Å². The fraction of sp³-hybridized carbons (Fsp3) is 0.0526. The average Bonchev–Trinajstić information content (AvgIpc) is 2.62. The van der Waals surface area contributed by atoms with Crippen molar-refractivity contribution < 1.29 is 14.3 Å². The van der Waals surface area contributed by atoms with Gasteiger partial charge in [0.2, 0.25) is 0 Å². The van der Waals surface area contributed by atoms with Gasteiger partial charge in [-0.1, -0.05) is 30.3 Å². The van der Waals surface area contributed by atoms with E-state index in [1.807, 2.05) is 36.4 Å². The molecule has 0 fully saturated rings. The molecule has 0 spiro atoms. The molecule has 0 radical (unpaired) electrons. The molecule has 3 aromatic rings. The summed E-state index contributed by atoms with van der Waals surface area (Å²) in [7, 11) is 1.56. The summed E-state index contributed by atoms with van der Waals surface area (Å²) in [6.07, 6.45) is 0. The van der Waals surface area contributed by atoms with Crippen LogP contribution in [0.2, 0.25) is 0 Å². The van der Waals surface area contributed by atoms with Crippen LogP contribution in [-0.4, -0.2) is 18.9 Å². The Morgan fingerprint density at radius 2 is 1.33 bits per heavy atom. The molecule has 0 bridgehead atoms. The van der Waals surface area contributed by atoms with Gasteiger partial charge in [-0.15, -0.1) is 0 Å². The lowest BCUT2D eigenvalue weighted by Gasteiger charge is -2.08. The molecule has 2 amide bonds. The van der Waals surface area contributed by atoms with Crippen LogP contribution in [0.5, 0.6) is 5.75 Å². The molecule has 3 aromatic carbocycles. The predicted molar refractivity (Wildman–Crippen MR) is 94.2 cm³/mol. The van der Waals surface area contributed by atoms with E-state index >= 15 is 0 Å². The molecule has 0 aromatic heterocycles. The van der Waals surface area contributed by atoms with Gasteiger partial charge in [0.25, 0.3) is 0 Å². The number of methoxy groups -OCH3 is 1. The van der Waals surface area contributed by atoms with Crippen LogP contribution in [0.1, 0.15) is 0 Å². The number of benzene rings is 3. The highest BCUT2D eigenvalue weighted by molar-refractivity contribution is 6.43. The van der Waals surface area contributed by atoms with Gasteiger partial charge in [-0.25, -0.2) is 0 Å². The van der Waals surface area contributed by atoms with Crippen molar-refractivity contribution in [3.63, 3.8) is 0 Å². The third kappa shape index (κ3) is 3.52. The van der Waals surface area contributed by atoms with Crippen molar-refractivity contribution in [2.75, 3.05) is 17.7 Å². The zero-order valence-corrected chi connectivity index (χ0v) is 13.1. The van der Waals surface area contributed by atoms with Crippen molar-refractivity contribution in [1.82, 2.24) is 0 Å². The lowest BCUT2D eigenvalue weighted by molar-refractivity contribution is -0.132. The quantitative estimate of drug-likeness (QED) is 0.727. The minimum Gasteiger partial charge on any atom is -0.497 e. The lowest BCUT2D eigenvalue weighted by Crippen LogP contribution is -2.29. The minimum atomic E-state index is -0.728. The smallest absolute Gasteiger partial charge is 0.314 e. The maximum atomic E-state index is 12.0. The largest absolute Gasteiger partial charge is 0.497 e. The molecule has 0 unspecified atom stereocenters. The molecule has 3 rings (SSSR count). The van der Waals surface area contributed by atoms with Crippen LogP contribution < -0.4 is 15.4 Å². The van der Waals surface area contributed by atoms with Crippen molar-refractivity contribution in [3.8, 4) is 5.75 Å². The minimum absolute atomic E-state index is 0.523. The van der Waals surface area contributed by atoms with Gasteiger partial charge in [0.15, 0.2) is 0 Å². The Balaban J connectivity index is 1.67. The van der Waals surface area contributed by atoms with Crippen LogP contribution in [0.25, 0.3) is 10.8 Å². The summed E-state index contributed by atoms with van der Waals surface area (Å²) in [5.41, 5.74) is 1.10. The van der Waals surface area contributed by atoms with Gasteiger partial charge in [0.05, 0.1) is 7.11 Å². The van der Waals surface area contributed by atoms with Crippen LogP contribution in [0.4, 0.5) is 11.4 Å². The molecule has 0 atom stereocenters. The SMILES string of the molecule is COc1ccc(NC(=O)C(=O)Nc2ccc3ccccc3c2)cc1. The molecule has 0 aliphatic heterocycles. The monoisotopic (exact) mass is 320 g/mol.